The third-order valence-electron chi connectivity index (χ3n) is 3.79. The molecule has 2 aliphatic rings. The molecule has 0 bridgehead atoms. The van der Waals surface area contributed by atoms with Crippen LogP contribution in [0, 0.1) is 0 Å². The Labute approximate surface area is 98.6 Å². The summed E-state index contributed by atoms with van der Waals surface area (Å²) >= 11 is 0. The summed E-state index contributed by atoms with van der Waals surface area (Å²) in [4.78, 5) is 14.2. The number of piperidine rings is 1. The van der Waals surface area contributed by atoms with Gasteiger partial charge in [0.2, 0.25) is 5.91 Å². The maximum Gasteiger partial charge on any atom is 0.224 e. The molecular formula is C13H24N2O. The van der Waals surface area contributed by atoms with E-state index < -0.39 is 0 Å². The molecule has 2 rings (SSSR count). The predicted octanol–water partition coefficient (Wildman–Crippen LogP) is 1.92. The summed E-state index contributed by atoms with van der Waals surface area (Å²) in [5, 5.41) is 3.46. The molecule has 2 saturated heterocycles. The van der Waals surface area contributed by atoms with Crippen LogP contribution in [0.1, 0.15) is 51.4 Å². The largest absolute Gasteiger partial charge is 0.343 e. The summed E-state index contributed by atoms with van der Waals surface area (Å²) in [5.74, 6) is 0.376. The van der Waals surface area contributed by atoms with E-state index in [4.69, 9.17) is 0 Å². The van der Waals surface area contributed by atoms with E-state index in [1.807, 2.05) is 0 Å². The minimum atomic E-state index is 0.376. The van der Waals surface area contributed by atoms with E-state index in [1.165, 1.54) is 44.9 Å². The predicted molar refractivity (Wildman–Crippen MR) is 65.3 cm³/mol. The van der Waals surface area contributed by atoms with Crippen molar-refractivity contribution in [2.24, 2.45) is 0 Å². The highest BCUT2D eigenvalue weighted by Gasteiger charge is 2.21. The molecule has 16 heavy (non-hydrogen) atoms. The summed E-state index contributed by atoms with van der Waals surface area (Å²) in [6, 6.07) is 0.449. The molecule has 0 aliphatic carbocycles. The van der Waals surface area contributed by atoms with Gasteiger partial charge in [-0.15, -0.1) is 0 Å². The van der Waals surface area contributed by atoms with Gasteiger partial charge in [-0.3, -0.25) is 4.79 Å². The SMILES string of the molecule is O=C(CC1CCCCN1)N1CCCCCC1. The molecule has 3 heteroatoms. The molecule has 1 amide bonds. The first-order valence-electron chi connectivity index (χ1n) is 6.87. The number of hydrogen-bond acceptors (Lipinski definition) is 2. The summed E-state index contributed by atoms with van der Waals surface area (Å²) < 4.78 is 0. The molecule has 0 saturated carbocycles. The van der Waals surface area contributed by atoms with Crippen molar-refractivity contribution in [1.29, 1.82) is 0 Å². The molecule has 1 atom stereocenters. The van der Waals surface area contributed by atoms with E-state index in [1.54, 1.807) is 0 Å². The summed E-state index contributed by atoms with van der Waals surface area (Å²) in [6.07, 6.45) is 9.45. The molecule has 0 aromatic heterocycles. The molecular weight excluding hydrogens is 200 g/mol. The van der Waals surface area contributed by atoms with Crippen LogP contribution in [0.4, 0.5) is 0 Å². The second kappa shape index (κ2) is 6.24. The molecule has 0 radical (unpaired) electrons. The number of rotatable bonds is 2. The standard InChI is InChI=1S/C13H24N2O/c16-13(11-12-7-3-4-8-14-12)15-9-5-1-2-6-10-15/h12,14H,1-11H2. The van der Waals surface area contributed by atoms with Crippen molar-refractivity contribution >= 4 is 5.91 Å². The zero-order valence-electron chi connectivity index (χ0n) is 10.2. The Morgan fingerprint density at radius 1 is 1.06 bits per heavy atom. The molecule has 0 aromatic carbocycles. The van der Waals surface area contributed by atoms with Crippen LogP contribution in [0.2, 0.25) is 0 Å². The molecule has 92 valence electrons. The van der Waals surface area contributed by atoms with Gasteiger partial charge in [-0.25, -0.2) is 0 Å². The van der Waals surface area contributed by atoms with E-state index in [9.17, 15) is 4.79 Å². The Kier molecular flexibility index (Phi) is 4.64. The highest BCUT2D eigenvalue weighted by atomic mass is 16.2. The van der Waals surface area contributed by atoms with Gasteiger partial charge < -0.3 is 10.2 Å². The highest BCUT2D eigenvalue weighted by molar-refractivity contribution is 5.76. The van der Waals surface area contributed by atoms with Gasteiger partial charge in [-0.05, 0) is 32.2 Å². The van der Waals surface area contributed by atoms with Gasteiger partial charge >= 0.3 is 0 Å². The normalized spacial score (nSPS) is 27.5. The second-order valence-corrected chi connectivity index (χ2v) is 5.15. The van der Waals surface area contributed by atoms with Gasteiger partial charge in [-0.1, -0.05) is 19.3 Å². The van der Waals surface area contributed by atoms with Crippen LogP contribution in [-0.4, -0.2) is 36.5 Å². The number of carbonyl (C=O) groups is 1. The summed E-state index contributed by atoms with van der Waals surface area (Å²) in [6.45, 7) is 3.08. The first-order chi connectivity index (χ1) is 7.86. The summed E-state index contributed by atoms with van der Waals surface area (Å²) in [5.41, 5.74) is 0. The van der Waals surface area contributed by atoms with Crippen molar-refractivity contribution in [3.63, 3.8) is 0 Å². The number of nitrogens with one attached hydrogen (secondary N) is 1. The molecule has 2 heterocycles. The minimum absolute atomic E-state index is 0.376. The van der Waals surface area contributed by atoms with Crippen molar-refractivity contribution in [3.8, 4) is 0 Å². The maximum absolute atomic E-state index is 12.1. The minimum Gasteiger partial charge on any atom is -0.343 e. The Balaban J connectivity index is 1.76. The zero-order chi connectivity index (χ0) is 11.2. The topological polar surface area (TPSA) is 32.3 Å². The molecule has 1 N–H and O–H groups in total. The number of carbonyl (C=O) groups excluding carboxylic acids is 1. The third kappa shape index (κ3) is 3.48. The highest BCUT2D eigenvalue weighted by Crippen LogP contribution is 2.14. The Morgan fingerprint density at radius 3 is 2.44 bits per heavy atom. The van der Waals surface area contributed by atoms with E-state index in [-0.39, 0.29) is 0 Å². The van der Waals surface area contributed by atoms with Crippen LogP contribution in [0.5, 0.6) is 0 Å². The lowest BCUT2D eigenvalue weighted by Gasteiger charge is -2.26. The van der Waals surface area contributed by atoms with Crippen LogP contribution in [0.25, 0.3) is 0 Å². The van der Waals surface area contributed by atoms with E-state index >= 15 is 0 Å². The molecule has 2 fully saturated rings. The van der Waals surface area contributed by atoms with Crippen molar-refractivity contribution < 1.29 is 4.79 Å². The van der Waals surface area contributed by atoms with Crippen LogP contribution < -0.4 is 5.32 Å². The second-order valence-electron chi connectivity index (χ2n) is 5.15. The zero-order valence-corrected chi connectivity index (χ0v) is 10.2. The van der Waals surface area contributed by atoms with Gasteiger partial charge in [0.25, 0.3) is 0 Å². The first kappa shape index (κ1) is 11.9. The van der Waals surface area contributed by atoms with E-state index in [0.29, 0.717) is 11.9 Å². The van der Waals surface area contributed by atoms with Gasteiger partial charge in [0.15, 0.2) is 0 Å². The fourth-order valence-corrected chi connectivity index (χ4v) is 2.76. The Hall–Kier alpha value is -0.570. The fourth-order valence-electron chi connectivity index (χ4n) is 2.76. The monoisotopic (exact) mass is 224 g/mol. The summed E-state index contributed by atoms with van der Waals surface area (Å²) in [7, 11) is 0. The lowest BCUT2D eigenvalue weighted by molar-refractivity contribution is -0.131. The van der Waals surface area contributed by atoms with E-state index in [2.05, 4.69) is 10.2 Å². The Morgan fingerprint density at radius 2 is 1.81 bits per heavy atom. The van der Waals surface area contributed by atoms with Gasteiger partial charge in [0.1, 0.15) is 0 Å². The van der Waals surface area contributed by atoms with Crippen LogP contribution >= 0.6 is 0 Å². The van der Waals surface area contributed by atoms with Crippen LogP contribution in [0.3, 0.4) is 0 Å². The fraction of sp³-hybridized carbons (Fsp3) is 0.923. The average molecular weight is 224 g/mol. The molecule has 1 unspecified atom stereocenters. The average Bonchev–Trinajstić information content (AvgIpc) is 2.59. The van der Waals surface area contributed by atoms with Gasteiger partial charge in [-0.2, -0.15) is 0 Å². The molecule has 0 aromatic rings. The van der Waals surface area contributed by atoms with Crippen molar-refractivity contribution in [1.82, 2.24) is 10.2 Å². The quantitative estimate of drug-likeness (QED) is 0.777. The van der Waals surface area contributed by atoms with Gasteiger partial charge in [0.05, 0.1) is 0 Å². The lowest BCUT2D eigenvalue weighted by Crippen LogP contribution is -2.40. The van der Waals surface area contributed by atoms with Crippen LogP contribution in [-0.2, 0) is 4.79 Å². The van der Waals surface area contributed by atoms with Crippen molar-refractivity contribution in [2.75, 3.05) is 19.6 Å². The number of nitrogens with zero attached hydrogens (tertiary/aromatic N) is 1. The number of likely N-dealkylation sites (tertiary alicyclic amines) is 1. The Bertz CT molecular complexity index is 216. The van der Waals surface area contributed by atoms with E-state index in [0.717, 1.165) is 26.1 Å². The maximum atomic E-state index is 12.1. The lowest BCUT2D eigenvalue weighted by atomic mass is 10.0. The number of amides is 1. The molecule has 3 nitrogen and oxygen atoms in total. The van der Waals surface area contributed by atoms with Crippen molar-refractivity contribution in [2.45, 2.75) is 57.4 Å². The molecule has 0 spiro atoms. The smallest absolute Gasteiger partial charge is 0.224 e. The molecule has 2 aliphatic heterocycles. The van der Waals surface area contributed by atoms with Crippen molar-refractivity contribution in [3.05, 3.63) is 0 Å². The third-order valence-corrected chi connectivity index (χ3v) is 3.79. The first-order valence-corrected chi connectivity index (χ1v) is 6.87. The van der Waals surface area contributed by atoms with Gasteiger partial charge in [0, 0.05) is 25.6 Å². The number of hydrogen-bond donors (Lipinski definition) is 1. The van der Waals surface area contributed by atoms with Crippen LogP contribution in [0.15, 0.2) is 0 Å².